The van der Waals surface area contributed by atoms with Crippen LogP contribution in [0.25, 0.3) is 0 Å². The van der Waals surface area contributed by atoms with E-state index in [0.717, 1.165) is 29.3 Å². The van der Waals surface area contributed by atoms with Gasteiger partial charge in [-0.05, 0) is 17.2 Å². The normalized spacial score (nSPS) is 23.5. The molecule has 2 aliphatic rings. The number of rotatable bonds is 4. The maximum Gasteiger partial charge on any atom is 0.241 e. The molecule has 1 amide bonds. The maximum absolute atomic E-state index is 13.0. The molecule has 2 aromatic carbocycles. The Labute approximate surface area is 163 Å². The number of carbonyl (C=O) groups excluding carboxylic acids is 1. The summed E-state index contributed by atoms with van der Waals surface area (Å²) in [7, 11) is -0.128. The van der Waals surface area contributed by atoms with Crippen LogP contribution in [-0.4, -0.2) is 41.9 Å². The maximum atomic E-state index is 13.0. The van der Waals surface area contributed by atoms with E-state index in [1.54, 1.807) is 0 Å². The molecule has 0 aliphatic carbocycles. The summed E-state index contributed by atoms with van der Waals surface area (Å²) < 4.78 is 0. The van der Waals surface area contributed by atoms with Gasteiger partial charge in [-0.3, -0.25) is 10.1 Å². The van der Waals surface area contributed by atoms with Crippen LogP contribution in [0, 0.1) is 5.92 Å². The van der Waals surface area contributed by atoms with E-state index >= 15 is 0 Å². The Balaban J connectivity index is 1.71. The fourth-order valence-corrected chi connectivity index (χ4v) is 4.92. The Bertz CT molecular complexity index is 805. The molecule has 5 heteroatoms. The minimum absolute atomic E-state index is 0.0933. The molecule has 2 heterocycles. The van der Waals surface area contributed by atoms with Crippen molar-refractivity contribution in [2.75, 3.05) is 26.0 Å². The van der Waals surface area contributed by atoms with Crippen molar-refractivity contribution < 1.29 is 4.79 Å². The van der Waals surface area contributed by atoms with Gasteiger partial charge >= 0.3 is 0 Å². The molecule has 2 atom stereocenters. The van der Waals surface area contributed by atoms with E-state index in [1.165, 1.54) is 0 Å². The summed E-state index contributed by atoms with van der Waals surface area (Å²) in [5.74, 6) is -0.0834. The number of nitrogens with zero attached hydrogens (tertiary/aromatic N) is 2. The Hall–Kier alpha value is -2.37. The first kappa shape index (κ1) is 18.0. The third kappa shape index (κ3) is 3.84. The highest BCUT2D eigenvalue weighted by Gasteiger charge is 2.41. The molecule has 2 aliphatic heterocycles. The highest BCUT2D eigenvalue weighted by molar-refractivity contribution is 8.13. The van der Waals surface area contributed by atoms with E-state index in [2.05, 4.69) is 41.2 Å². The molecule has 0 saturated carbocycles. The van der Waals surface area contributed by atoms with Gasteiger partial charge in [0.05, 0.1) is 17.6 Å². The lowest BCUT2D eigenvalue weighted by molar-refractivity contribution is -0.131. The van der Waals surface area contributed by atoms with Gasteiger partial charge in [-0.15, -0.1) is 0 Å². The molecule has 2 aromatic rings. The fraction of sp³-hybridized carbons (Fsp3) is 0.273. The third-order valence-electron chi connectivity index (χ3n) is 5.00. The van der Waals surface area contributed by atoms with Gasteiger partial charge in [-0.25, -0.2) is 4.99 Å². The Morgan fingerprint density at radius 2 is 1.74 bits per heavy atom. The van der Waals surface area contributed by atoms with Crippen LogP contribution in [0.2, 0.25) is 0 Å². The Morgan fingerprint density at radius 3 is 2.30 bits per heavy atom. The van der Waals surface area contributed by atoms with Crippen molar-refractivity contribution in [3.05, 3.63) is 83.3 Å². The summed E-state index contributed by atoms with van der Waals surface area (Å²) >= 11 is 0. The molecule has 138 valence electrons. The predicted molar refractivity (Wildman–Crippen MR) is 113 cm³/mol. The number of hydrogen-bond donors (Lipinski definition) is 1. The lowest BCUT2D eigenvalue weighted by atomic mass is 9.99. The lowest BCUT2D eigenvalue weighted by Gasteiger charge is -2.19. The summed E-state index contributed by atoms with van der Waals surface area (Å²) in [4.78, 5) is 20.1. The van der Waals surface area contributed by atoms with Gasteiger partial charge in [0.25, 0.3) is 0 Å². The lowest BCUT2D eigenvalue weighted by Crippen LogP contribution is -2.38. The van der Waals surface area contributed by atoms with Crippen LogP contribution in [0.15, 0.2) is 77.1 Å². The zero-order valence-electron chi connectivity index (χ0n) is 15.4. The molecule has 27 heavy (non-hydrogen) atoms. The molecule has 4 nitrogen and oxygen atoms in total. The summed E-state index contributed by atoms with van der Waals surface area (Å²) in [5, 5.41) is 6.37. The quantitative estimate of drug-likeness (QED) is 0.832. The summed E-state index contributed by atoms with van der Waals surface area (Å²) in [5.41, 5.74) is 2.29. The number of hydrogen-bond acceptors (Lipinski definition) is 3. The average molecular weight is 379 g/mol. The van der Waals surface area contributed by atoms with Crippen molar-refractivity contribution in [3.8, 4) is 0 Å². The van der Waals surface area contributed by atoms with Gasteiger partial charge in [0, 0.05) is 13.1 Å². The molecule has 0 spiro atoms. The fourth-order valence-electron chi connectivity index (χ4n) is 3.53. The molecular formula is C22H24N3OS+. The number of benzene rings is 2. The van der Waals surface area contributed by atoms with Crippen LogP contribution in [0.5, 0.6) is 0 Å². The Kier molecular flexibility index (Phi) is 5.41. The van der Waals surface area contributed by atoms with Crippen molar-refractivity contribution >= 4 is 21.8 Å². The second-order valence-corrected chi connectivity index (χ2v) is 8.62. The molecule has 0 aromatic heterocycles. The van der Waals surface area contributed by atoms with Crippen molar-refractivity contribution in [2.24, 2.45) is 10.9 Å². The smallest absolute Gasteiger partial charge is 0.241 e. The molecule has 1 fully saturated rings. The van der Waals surface area contributed by atoms with Crippen LogP contribution < -0.4 is 5.32 Å². The van der Waals surface area contributed by atoms with Gasteiger partial charge in [0.2, 0.25) is 11.0 Å². The first-order chi connectivity index (χ1) is 13.2. The Morgan fingerprint density at radius 1 is 1.11 bits per heavy atom. The van der Waals surface area contributed by atoms with Crippen LogP contribution >= 0.6 is 0 Å². The van der Waals surface area contributed by atoms with E-state index in [4.69, 9.17) is 4.99 Å². The zero-order chi connectivity index (χ0) is 18.6. The van der Waals surface area contributed by atoms with Gasteiger partial charge in [0.1, 0.15) is 23.6 Å². The van der Waals surface area contributed by atoms with Crippen LogP contribution in [0.4, 0.5) is 0 Å². The van der Waals surface area contributed by atoms with E-state index in [0.29, 0.717) is 6.67 Å². The molecule has 1 saturated heterocycles. The van der Waals surface area contributed by atoms with Crippen LogP contribution in [-0.2, 0) is 15.7 Å². The van der Waals surface area contributed by atoms with Crippen molar-refractivity contribution in [3.63, 3.8) is 0 Å². The largest absolute Gasteiger partial charge is 0.328 e. The molecule has 2 unspecified atom stereocenters. The van der Waals surface area contributed by atoms with Crippen molar-refractivity contribution in [2.45, 2.75) is 6.04 Å². The number of nitrogens with one attached hydrogen (secondary N) is 1. The third-order valence-corrected chi connectivity index (χ3v) is 6.58. The zero-order valence-corrected chi connectivity index (χ0v) is 16.2. The number of aliphatic imine (C=N–C) groups is 1. The topological polar surface area (TPSA) is 44.7 Å². The molecule has 0 bridgehead atoms. The predicted octanol–water partition coefficient (Wildman–Crippen LogP) is 2.96. The van der Waals surface area contributed by atoms with E-state index in [9.17, 15) is 4.79 Å². The van der Waals surface area contributed by atoms with E-state index < -0.39 is 0 Å². The monoisotopic (exact) mass is 378 g/mol. The molecular weight excluding hydrogens is 354 g/mol. The minimum atomic E-state index is -0.242. The van der Waals surface area contributed by atoms with Gasteiger partial charge in [-0.2, -0.15) is 0 Å². The van der Waals surface area contributed by atoms with E-state index in [-0.39, 0.29) is 28.8 Å². The highest BCUT2D eigenvalue weighted by atomic mass is 32.2. The first-order valence-corrected chi connectivity index (χ1v) is 10.9. The average Bonchev–Trinajstić information content (AvgIpc) is 3.37. The summed E-state index contributed by atoms with van der Waals surface area (Å²) in [6, 6.07) is 20.6. The minimum Gasteiger partial charge on any atom is -0.328 e. The molecule has 4 rings (SSSR count). The number of carbonyl (C=O) groups is 1. The van der Waals surface area contributed by atoms with Gasteiger partial charge in [0.15, 0.2) is 0 Å². The second kappa shape index (κ2) is 8.11. The van der Waals surface area contributed by atoms with Crippen molar-refractivity contribution in [1.29, 1.82) is 0 Å². The van der Waals surface area contributed by atoms with Crippen LogP contribution in [0.1, 0.15) is 17.2 Å². The molecule has 1 N–H and O–H groups in total. The summed E-state index contributed by atoms with van der Waals surface area (Å²) in [6.07, 6.45) is 4.19. The van der Waals surface area contributed by atoms with Crippen molar-refractivity contribution in [1.82, 2.24) is 10.2 Å². The first-order valence-electron chi connectivity index (χ1n) is 9.24. The number of amides is 1. The van der Waals surface area contributed by atoms with E-state index in [1.807, 2.05) is 47.4 Å². The summed E-state index contributed by atoms with van der Waals surface area (Å²) in [6.45, 7) is 2.27. The van der Waals surface area contributed by atoms with Gasteiger partial charge in [-0.1, -0.05) is 60.7 Å². The SMILES string of the molecule is C[S+]1C=CC(C(=O)N2CCNC2)C1=NC(c1ccccc1)c1ccccc1. The highest BCUT2D eigenvalue weighted by Crippen LogP contribution is 2.30. The standard InChI is InChI=1S/C22H24N3OS/c1-27-15-12-19(22(26)25-14-13-23-16-25)21(27)24-20(17-8-4-2-5-9-17)18-10-6-3-7-11-18/h2-12,15,19-20,23H,13-14,16H2,1H3/q+1. The van der Waals surface area contributed by atoms with Gasteiger partial charge < -0.3 is 4.90 Å². The second-order valence-electron chi connectivity index (χ2n) is 6.81. The molecule has 0 radical (unpaired) electrons. The van der Waals surface area contributed by atoms with Crippen LogP contribution in [0.3, 0.4) is 0 Å².